The number of aliphatic hydroxyl groups is 1. The second-order valence-electron chi connectivity index (χ2n) is 8.34. The fourth-order valence-corrected chi connectivity index (χ4v) is 4.16. The molecule has 1 fully saturated rings. The predicted molar refractivity (Wildman–Crippen MR) is 125 cm³/mol. The van der Waals surface area contributed by atoms with Crippen molar-refractivity contribution < 1.29 is 14.2 Å². The van der Waals surface area contributed by atoms with Crippen LogP contribution in [0.5, 0.6) is 0 Å². The number of fused-ring (bicyclic) bond motifs is 1. The van der Waals surface area contributed by atoms with E-state index in [1.807, 2.05) is 32.0 Å². The fraction of sp³-hybridized carbons (Fsp3) is 0.348. The van der Waals surface area contributed by atoms with Gasteiger partial charge in [0.05, 0.1) is 36.8 Å². The predicted octanol–water partition coefficient (Wildman–Crippen LogP) is 3.17. The molecule has 1 saturated heterocycles. The highest BCUT2D eigenvalue weighted by molar-refractivity contribution is 6.30. The number of halogens is 2. The molecule has 1 aliphatic heterocycles. The summed E-state index contributed by atoms with van der Waals surface area (Å²) in [7, 11) is 1.83. The number of aryl methyl sites for hydroxylation is 3. The lowest BCUT2D eigenvalue weighted by Crippen LogP contribution is -2.46. The Balaban J connectivity index is 1.65. The minimum absolute atomic E-state index is 0.169. The lowest BCUT2D eigenvalue weighted by atomic mass is 10.1. The molecule has 4 heterocycles. The van der Waals surface area contributed by atoms with Crippen molar-refractivity contribution in [2.45, 2.75) is 26.1 Å². The lowest BCUT2D eigenvalue weighted by molar-refractivity contribution is -0.0526. The Morgan fingerprint density at radius 3 is 2.65 bits per heavy atom. The standard InChI is InChI=1S/C23H23ClFN7O2/c1-12-13(2)28-22-21(27-12)20(17-5-4-15(24)6-18(17)25)29-23(30-22)32-9-16(11-33)34-19(10-32)14-7-26-31(3)8-14/h4-8,16,19,33H,9-11H2,1-3H3/t16-,19+/m0/s1. The van der Waals surface area contributed by atoms with Gasteiger partial charge in [-0.2, -0.15) is 10.1 Å². The second-order valence-corrected chi connectivity index (χ2v) is 8.78. The first-order valence-electron chi connectivity index (χ1n) is 10.8. The van der Waals surface area contributed by atoms with Gasteiger partial charge in [0.15, 0.2) is 5.65 Å². The summed E-state index contributed by atoms with van der Waals surface area (Å²) in [4.78, 5) is 20.5. The molecule has 5 rings (SSSR count). The summed E-state index contributed by atoms with van der Waals surface area (Å²) in [5.74, 6) is -0.160. The molecule has 0 saturated carbocycles. The maximum absolute atomic E-state index is 15.0. The third kappa shape index (κ3) is 4.20. The van der Waals surface area contributed by atoms with Crippen molar-refractivity contribution >= 4 is 28.7 Å². The third-order valence-corrected chi connectivity index (χ3v) is 6.10. The molecule has 0 bridgehead atoms. The molecule has 11 heteroatoms. The molecule has 1 aliphatic rings. The number of morpholine rings is 1. The molecule has 2 atom stereocenters. The maximum Gasteiger partial charge on any atom is 0.228 e. The van der Waals surface area contributed by atoms with Crippen LogP contribution < -0.4 is 4.90 Å². The Morgan fingerprint density at radius 1 is 1.15 bits per heavy atom. The van der Waals surface area contributed by atoms with Crippen molar-refractivity contribution in [1.29, 1.82) is 0 Å². The van der Waals surface area contributed by atoms with Gasteiger partial charge in [0.1, 0.15) is 23.1 Å². The summed E-state index contributed by atoms with van der Waals surface area (Å²) in [6.07, 6.45) is 2.80. The summed E-state index contributed by atoms with van der Waals surface area (Å²) in [5, 5.41) is 14.4. The highest BCUT2D eigenvalue weighted by Gasteiger charge is 2.31. The Kier molecular flexibility index (Phi) is 5.88. The van der Waals surface area contributed by atoms with E-state index in [0.29, 0.717) is 41.6 Å². The molecule has 0 aliphatic carbocycles. The lowest BCUT2D eigenvalue weighted by Gasteiger charge is -2.37. The van der Waals surface area contributed by atoms with Gasteiger partial charge in [-0.1, -0.05) is 11.6 Å². The van der Waals surface area contributed by atoms with Crippen molar-refractivity contribution in [3.63, 3.8) is 0 Å². The minimum Gasteiger partial charge on any atom is -0.394 e. The van der Waals surface area contributed by atoms with Crippen molar-refractivity contribution in [2.75, 3.05) is 24.6 Å². The van der Waals surface area contributed by atoms with Gasteiger partial charge in [-0.15, -0.1) is 0 Å². The third-order valence-electron chi connectivity index (χ3n) is 5.87. The first-order chi connectivity index (χ1) is 16.3. The molecule has 0 radical (unpaired) electrons. The van der Waals surface area contributed by atoms with Crippen molar-refractivity contribution in [3.8, 4) is 11.3 Å². The number of anilines is 1. The van der Waals surface area contributed by atoms with Crippen molar-refractivity contribution in [3.05, 3.63) is 58.4 Å². The van der Waals surface area contributed by atoms with Crippen molar-refractivity contribution in [2.24, 2.45) is 7.05 Å². The Morgan fingerprint density at radius 2 is 1.94 bits per heavy atom. The number of aliphatic hydroxyl groups excluding tert-OH is 1. The van der Waals surface area contributed by atoms with Gasteiger partial charge in [-0.05, 0) is 32.0 Å². The topological polar surface area (TPSA) is 102 Å². The van der Waals surface area contributed by atoms with Gasteiger partial charge in [0.2, 0.25) is 5.95 Å². The van der Waals surface area contributed by atoms with Crippen LogP contribution in [0.4, 0.5) is 10.3 Å². The van der Waals surface area contributed by atoms with Crippen LogP contribution in [0.25, 0.3) is 22.4 Å². The van der Waals surface area contributed by atoms with E-state index in [9.17, 15) is 9.50 Å². The number of hydrogen-bond donors (Lipinski definition) is 1. The van der Waals surface area contributed by atoms with E-state index in [0.717, 1.165) is 11.3 Å². The van der Waals surface area contributed by atoms with E-state index in [2.05, 4.69) is 20.1 Å². The fourth-order valence-electron chi connectivity index (χ4n) is 4.00. The molecule has 0 amide bonds. The van der Waals surface area contributed by atoms with Crippen LogP contribution in [0.1, 0.15) is 23.1 Å². The van der Waals surface area contributed by atoms with Crippen LogP contribution in [-0.2, 0) is 11.8 Å². The number of hydrogen-bond acceptors (Lipinski definition) is 8. The van der Waals surface area contributed by atoms with Crippen molar-refractivity contribution in [1.82, 2.24) is 29.7 Å². The van der Waals surface area contributed by atoms with Gasteiger partial charge in [-0.25, -0.2) is 19.3 Å². The molecule has 4 aromatic rings. The van der Waals surface area contributed by atoms with Crippen LogP contribution >= 0.6 is 11.6 Å². The van der Waals surface area contributed by atoms with Crippen LogP contribution in [-0.4, -0.2) is 60.6 Å². The number of rotatable bonds is 4. The highest BCUT2D eigenvalue weighted by atomic mass is 35.5. The van der Waals surface area contributed by atoms with Crippen LogP contribution in [0.3, 0.4) is 0 Å². The average molecular weight is 484 g/mol. The Bertz CT molecular complexity index is 1380. The first kappa shape index (κ1) is 22.6. The van der Waals surface area contributed by atoms with Crippen LogP contribution in [0.2, 0.25) is 5.02 Å². The van der Waals surface area contributed by atoms with Gasteiger partial charge in [0, 0.05) is 35.9 Å². The van der Waals surface area contributed by atoms with E-state index < -0.39 is 11.9 Å². The molecular formula is C23H23ClFN7O2. The smallest absolute Gasteiger partial charge is 0.228 e. The van der Waals surface area contributed by atoms with Crippen LogP contribution in [0.15, 0.2) is 30.6 Å². The molecule has 3 aromatic heterocycles. The van der Waals surface area contributed by atoms with E-state index in [4.69, 9.17) is 21.3 Å². The molecule has 9 nitrogen and oxygen atoms in total. The average Bonchev–Trinajstić information content (AvgIpc) is 3.25. The second kappa shape index (κ2) is 8.86. The number of aromatic nitrogens is 6. The molecule has 1 aromatic carbocycles. The van der Waals surface area contributed by atoms with E-state index in [1.54, 1.807) is 23.0 Å². The van der Waals surface area contributed by atoms with E-state index in [1.165, 1.54) is 6.07 Å². The normalized spacial score (nSPS) is 18.6. The largest absolute Gasteiger partial charge is 0.394 e. The van der Waals surface area contributed by atoms with Gasteiger partial charge in [-0.3, -0.25) is 4.68 Å². The molecule has 176 valence electrons. The zero-order valence-corrected chi connectivity index (χ0v) is 19.7. The summed E-state index contributed by atoms with van der Waals surface area (Å²) < 4.78 is 22.7. The monoisotopic (exact) mass is 483 g/mol. The summed E-state index contributed by atoms with van der Waals surface area (Å²) >= 11 is 5.98. The Labute approximate surface area is 200 Å². The molecule has 34 heavy (non-hydrogen) atoms. The quantitative estimate of drug-likeness (QED) is 0.472. The molecule has 0 spiro atoms. The SMILES string of the molecule is Cc1nc2nc(N3C[C@@H](CO)O[C@@H](c4cnn(C)c4)C3)nc(-c3ccc(Cl)cc3F)c2nc1C. The maximum atomic E-state index is 15.0. The number of ether oxygens (including phenoxy) is 1. The zero-order chi connectivity index (χ0) is 24.0. The summed E-state index contributed by atoms with van der Waals surface area (Å²) in [6, 6.07) is 4.43. The van der Waals surface area contributed by atoms with E-state index in [-0.39, 0.29) is 23.3 Å². The summed E-state index contributed by atoms with van der Waals surface area (Å²) in [5.41, 5.74) is 3.67. The van der Waals surface area contributed by atoms with Gasteiger partial charge >= 0.3 is 0 Å². The summed E-state index contributed by atoms with van der Waals surface area (Å²) in [6.45, 7) is 4.30. The minimum atomic E-state index is -0.512. The Hall–Kier alpha value is -3.21. The van der Waals surface area contributed by atoms with Crippen LogP contribution in [0, 0.1) is 19.7 Å². The van der Waals surface area contributed by atoms with E-state index >= 15 is 0 Å². The number of benzene rings is 1. The molecular weight excluding hydrogens is 461 g/mol. The highest BCUT2D eigenvalue weighted by Crippen LogP contribution is 2.32. The molecule has 0 unspecified atom stereocenters. The zero-order valence-electron chi connectivity index (χ0n) is 18.9. The number of nitrogens with zero attached hydrogens (tertiary/aromatic N) is 7. The van der Waals surface area contributed by atoms with Gasteiger partial charge < -0.3 is 14.7 Å². The van der Waals surface area contributed by atoms with Gasteiger partial charge in [0.25, 0.3) is 0 Å². The first-order valence-corrected chi connectivity index (χ1v) is 11.2. The molecule has 1 N–H and O–H groups in total.